The van der Waals surface area contributed by atoms with Crippen molar-refractivity contribution >= 4 is 0 Å². The fraction of sp³-hybridized carbons (Fsp3) is 0.680. The summed E-state index contributed by atoms with van der Waals surface area (Å²) < 4.78 is 34.8. The molecule has 0 atom stereocenters. The maximum absolute atomic E-state index is 5.98. The maximum Gasteiger partial charge on any atom is 0.414 e. The molecule has 0 saturated carbocycles. The first kappa shape index (κ1) is 48.6. The molecule has 60 heavy (non-hydrogen) atoms. The Morgan fingerprint density at radius 1 is 0.317 bits per heavy atom. The highest BCUT2D eigenvalue weighted by Crippen LogP contribution is 2.26. The predicted molar refractivity (Wildman–Crippen MR) is 242 cm³/mol. The largest absolute Gasteiger partial charge is 0.494 e. The van der Waals surface area contributed by atoms with Gasteiger partial charge in [-0.3, -0.25) is 0 Å². The average molecular weight is 831 g/mol. The highest BCUT2D eigenvalue weighted by atomic mass is 16.6. The molecular formula is C50H78N4O6. The quantitative estimate of drug-likeness (QED) is 0.0403. The Balaban J connectivity index is 0.923. The van der Waals surface area contributed by atoms with Crippen LogP contribution in [-0.2, 0) is 0 Å². The van der Waals surface area contributed by atoms with Gasteiger partial charge in [-0.15, -0.1) is 10.2 Å². The van der Waals surface area contributed by atoms with Crippen LogP contribution in [0.5, 0.6) is 23.7 Å². The molecule has 4 rings (SSSR count). The minimum Gasteiger partial charge on any atom is -0.494 e. The molecule has 0 radical (unpaired) electrons. The third kappa shape index (κ3) is 22.0. The Labute approximate surface area is 362 Å². The van der Waals surface area contributed by atoms with Crippen molar-refractivity contribution in [1.29, 1.82) is 0 Å². The molecule has 2 heterocycles. The summed E-state index contributed by atoms with van der Waals surface area (Å²) in [6.07, 6.45) is 35.8. The first-order valence-corrected chi connectivity index (χ1v) is 24.1. The predicted octanol–water partition coefficient (Wildman–Crippen LogP) is 15.0. The minimum absolute atomic E-state index is 0.241. The second kappa shape index (κ2) is 32.7. The van der Waals surface area contributed by atoms with E-state index >= 15 is 0 Å². The lowest BCUT2D eigenvalue weighted by Crippen LogP contribution is -1.98. The zero-order valence-corrected chi connectivity index (χ0v) is 37.5. The van der Waals surface area contributed by atoms with E-state index in [1.54, 1.807) is 0 Å². The van der Waals surface area contributed by atoms with E-state index < -0.39 is 0 Å². The van der Waals surface area contributed by atoms with Crippen molar-refractivity contribution in [2.24, 2.45) is 0 Å². The van der Waals surface area contributed by atoms with Crippen LogP contribution in [0.2, 0.25) is 0 Å². The first-order chi connectivity index (χ1) is 29.7. The third-order valence-corrected chi connectivity index (χ3v) is 11.0. The minimum atomic E-state index is 0.241. The number of benzene rings is 2. The van der Waals surface area contributed by atoms with Gasteiger partial charge in [-0.2, -0.15) is 0 Å². The number of nitrogens with zero attached hydrogens (tertiary/aromatic N) is 4. The number of rotatable bonds is 39. The van der Waals surface area contributed by atoms with Gasteiger partial charge >= 0.3 is 12.2 Å². The molecule has 0 N–H and O–H groups in total. The maximum atomic E-state index is 5.98. The van der Waals surface area contributed by atoms with Crippen molar-refractivity contribution in [2.45, 2.75) is 194 Å². The van der Waals surface area contributed by atoms with Gasteiger partial charge in [-0.05, 0) is 74.2 Å². The van der Waals surface area contributed by atoms with Crippen LogP contribution < -0.4 is 18.9 Å². The zero-order chi connectivity index (χ0) is 42.0. The number of aromatic nitrogens is 4. The Morgan fingerprint density at radius 3 is 0.883 bits per heavy atom. The lowest BCUT2D eigenvalue weighted by atomic mass is 10.1. The van der Waals surface area contributed by atoms with E-state index in [9.17, 15) is 0 Å². The Hall–Kier alpha value is -4.08. The fourth-order valence-electron chi connectivity index (χ4n) is 7.30. The molecule has 4 aromatic rings. The molecule has 10 nitrogen and oxygen atoms in total. The van der Waals surface area contributed by atoms with Crippen LogP contribution in [0.15, 0.2) is 57.4 Å². The molecule has 0 aliphatic carbocycles. The number of unbranched alkanes of at least 4 members (excludes halogenated alkanes) is 25. The van der Waals surface area contributed by atoms with E-state index in [2.05, 4.69) is 34.2 Å². The summed E-state index contributed by atoms with van der Waals surface area (Å²) in [5.74, 6) is 2.65. The van der Waals surface area contributed by atoms with Crippen molar-refractivity contribution in [3.8, 4) is 46.6 Å². The van der Waals surface area contributed by atoms with Crippen molar-refractivity contribution in [3.05, 3.63) is 48.5 Å². The van der Waals surface area contributed by atoms with Gasteiger partial charge in [-0.25, -0.2) is 0 Å². The van der Waals surface area contributed by atoms with Gasteiger partial charge in [0.1, 0.15) is 11.5 Å². The lowest BCUT2D eigenvalue weighted by Gasteiger charge is -2.07. The van der Waals surface area contributed by atoms with Gasteiger partial charge in [0.15, 0.2) is 0 Å². The van der Waals surface area contributed by atoms with Gasteiger partial charge in [0.25, 0.3) is 11.8 Å². The molecule has 0 fully saturated rings. The second-order valence-corrected chi connectivity index (χ2v) is 16.4. The SMILES string of the molecule is CCCCCCCCCCCCOc1nnc(-c2ccc(OCCCCCCCCCCOc3ccc(-c4nnc(OCCCCCCCCCCCC)o4)cc3)cc2)o1. The average Bonchev–Trinajstić information content (AvgIpc) is 3.96. The van der Waals surface area contributed by atoms with Gasteiger partial charge in [0.2, 0.25) is 0 Å². The van der Waals surface area contributed by atoms with Crippen LogP contribution in [-0.4, -0.2) is 46.8 Å². The van der Waals surface area contributed by atoms with E-state index in [0.29, 0.717) is 25.0 Å². The number of ether oxygens (including phenoxy) is 4. The van der Waals surface area contributed by atoms with Gasteiger partial charge in [-0.1, -0.05) is 178 Å². The Morgan fingerprint density at radius 2 is 0.583 bits per heavy atom. The van der Waals surface area contributed by atoms with E-state index in [0.717, 1.165) is 61.5 Å². The summed E-state index contributed by atoms with van der Waals surface area (Å²) in [5.41, 5.74) is 1.72. The smallest absolute Gasteiger partial charge is 0.414 e. The van der Waals surface area contributed by atoms with Gasteiger partial charge in [0, 0.05) is 11.1 Å². The summed E-state index contributed by atoms with van der Waals surface area (Å²) in [5, 5.41) is 16.5. The Kier molecular flexibility index (Phi) is 26.4. The molecule has 0 saturated heterocycles. The molecular weight excluding hydrogens is 753 g/mol. The molecule has 0 aliphatic rings. The van der Waals surface area contributed by atoms with Crippen LogP contribution in [0, 0.1) is 0 Å². The molecule has 0 amide bonds. The molecule has 0 unspecified atom stereocenters. The molecule has 0 aliphatic heterocycles. The summed E-state index contributed by atoms with van der Waals surface area (Å²) >= 11 is 0. The fourth-order valence-corrected chi connectivity index (χ4v) is 7.30. The van der Waals surface area contributed by atoms with Crippen LogP contribution in [0.1, 0.15) is 194 Å². The van der Waals surface area contributed by atoms with E-state index in [4.69, 9.17) is 27.8 Å². The van der Waals surface area contributed by atoms with Crippen molar-refractivity contribution < 1.29 is 27.8 Å². The van der Waals surface area contributed by atoms with Crippen LogP contribution in [0.25, 0.3) is 22.9 Å². The monoisotopic (exact) mass is 831 g/mol. The first-order valence-electron chi connectivity index (χ1n) is 24.1. The van der Waals surface area contributed by atoms with E-state index in [-0.39, 0.29) is 12.2 Å². The molecule has 2 aromatic carbocycles. The van der Waals surface area contributed by atoms with Crippen molar-refractivity contribution in [3.63, 3.8) is 0 Å². The van der Waals surface area contributed by atoms with Crippen LogP contribution >= 0.6 is 0 Å². The van der Waals surface area contributed by atoms with Gasteiger partial charge in [0.05, 0.1) is 26.4 Å². The second-order valence-electron chi connectivity index (χ2n) is 16.4. The summed E-state index contributed by atoms with van der Waals surface area (Å²) in [6.45, 7) is 7.20. The Bertz CT molecular complexity index is 1460. The van der Waals surface area contributed by atoms with Crippen molar-refractivity contribution in [1.82, 2.24) is 20.4 Å². The van der Waals surface area contributed by atoms with Crippen LogP contribution in [0.3, 0.4) is 0 Å². The van der Waals surface area contributed by atoms with E-state index in [1.807, 2.05) is 48.5 Å². The summed E-state index contributed by atoms with van der Waals surface area (Å²) in [4.78, 5) is 0. The summed E-state index contributed by atoms with van der Waals surface area (Å²) in [7, 11) is 0. The number of hydrogen-bond donors (Lipinski definition) is 0. The van der Waals surface area contributed by atoms with Crippen LogP contribution in [0.4, 0.5) is 0 Å². The summed E-state index contributed by atoms with van der Waals surface area (Å²) in [6, 6.07) is 15.7. The highest BCUT2D eigenvalue weighted by molar-refractivity contribution is 5.55. The standard InChI is InChI=1S/C50H78N4O6/c1-3-5-7-9-11-13-15-21-25-29-41-57-49-53-51-47(59-49)43-31-35-45(36-32-43)55-39-27-23-19-17-18-20-24-28-40-56-46-37-33-44(34-38-46)48-52-54-50(60-48)58-42-30-26-22-16-14-12-10-8-6-4-2/h31-38H,3-30,39-42H2,1-2H3. The van der Waals surface area contributed by atoms with E-state index in [1.165, 1.54) is 154 Å². The molecule has 10 heteroatoms. The zero-order valence-electron chi connectivity index (χ0n) is 37.5. The molecule has 334 valence electrons. The normalized spacial score (nSPS) is 11.3. The third-order valence-electron chi connectivity index (χ3n) is 11.0. The topological polar surface area (TPSA) is 115 Å². The highest BCUT2D eigenvalue weighted by Gasteiger charge is 2.11. The molecule has 0 bridgehead atoms. The number of hydrogen-bond acceptors (Lipinski definition) is 10. The van der Waals surface area contributed by atoms with Gasteiger partial charge < -0.3 is 27.8 Å². The molecule has 0 spiro atoms. The molecule has 2 aromatic heterocycles. The van der Waals surface area contributed by atoms with Crippen molar-refractivity contribution in [2.75, 3.05) is 26.4 Å². The lowest BCUT2D eigenvalue weighted by molar-refractivity contribution is 0.225.